The van der Waals surface area contributed by atoms with E-state index >= 15 is 0 Å². The molecule has 0 bridgehead atoms. The molecule has 3 aromatic carbocycles. The van der Waals surface area contributed by atoms with Crippen LogP contribution in [0, 0.1) is 23.3 Å². The van der Waals surface area contributed by atoms with Crippen molar-refractivity contribution in [1.82, 2.24) is 0 Å². The van der Waals surface area contributed by atoms with Gasteiger partial charge in [-0.2, -0.15) is 4.39 Å². The minimum Gasteiger partial charge on any atom is -0.491 e. The van der Waals surface area contributed by atoms with Gasteiger partial charge >= 0.3 is 0 Å². The smallest absolute Gasteiger partial charge is 0.201 e. The molecular formula is C28H26F4O2. The van der Waals surface area contributed by atoms with Gasteiger partial charge in [0.05, 0.1) is 19.3 Å². The molecule has 1 saturated heterocycles. The summed E-state index contributed by atoms with van der Waals surface area (Å²) in [5.74, 6) is -4.96. The van der Waals surface area contributed by atoms with Gasteiger partial charge in [0.15, 0.2) is 23.2 Å². The van der Waals surface area contributed by atoms with E-state index in [1.807, 2.05) is 31.2 Å². The van der Waals surface area contributed by atoms with Crippen molar-refractivity contribution in [2.75, 3.05) is 13.2 Å². The zero-order valence-electron chi connectivity index (χ0n) is 19.1. The molecule has 0 amide bonds. The summed E-state index contributed by atoms with van der Waals surface area (Å²) in [5.41, 5.74) is 1.62. The predicted molar refractivity (Wildman–Crippen MR) is 125 cm³/mol. The quantitative estimate of drug-likeness (QED) is 0.340. The Bertz CT molecular complexity index is 1180. The first kappa shape index (κ1) is 24.0. The fraction of sp³-hybridized carbons (Fsp3) is 0.286. The molecule has 0 saturated carbocycles. The van der Waals surface area contributed by atoms with Crippen molar-refractivity contribution in [3.05, 3.63) is 94.6 Å². The van der Waals surface area contributed by atoms with Crippen LogP contribution in [0.4, 0.5) is 17.6 Å². The molecule has 3 aromatic rings. The van der Waals surface area contributed by atoms with Gasteiger partial charge in [-0.05, 0) is 49.9 Å². The minimum absolute atomic E-state index is 0.0787. The topological polar surface area (TPSA) is 18.5 Å². The Hall–Kier alpha value is -3.12. The molecule has 1 aliphatic rings. The van der Waals surface area contributed by atoms with E-state index in [1.165, 1.54) is 24.3 Å². The highest BCUT2D eigenvalue weighted by Gasteiger charge is 2.29. The summed E-state index contributed by atoms with van der Waals surface area (Å²) in [5, 5.41) is 0. The van der Waals surface area contributed by atoms with E-state index in [1.54, 1.807) is 6.92 Å². The SMILES string of the molecule is C/C=C/c1ccc(C2CCC(c3ccc(-c4ccc(OCC)c(F)c4F)c(F)c3F)OC2)cc1. The van der Waals surface area contributed by atoms with Crippen molar-refractivity contribution in [2.45, 2.75) is 38.7 Å². The highest BCUT2D eigenvalue weighted by Crippen LogP contribution is 2.39. The number of allylic oxidation sites excluding steroid dienone is 1. The van der Waals surface area contributed by atoms with Gasteiger partial charge in [0.1, 0.15) is 0 Å². The van der Waals surface area contributed by atoms with Crippen LogP contribution in [0.5, 0.6) is 5.75 Å². The van der Waals surface area contributed by atoms with Crippen LogP contribution in [0.15, 0.2) is 54.6 Å². The van der Waals surface area contributed by atoms with E-state index in [2.05, 4.69) is 12.1 Å². The lowest BCUT2D eigenvalue weighted by Crippen LogP contribution is -2.20. The van der Waals surface area contributed by atoms with Gasteiger partial charge in [-0.3, -0.25) is 0 Å². The summed E-state index contributed by atoms with van der Waals surface area (Å²) in [6, 6.07) is 13.2. The fourth-order valence-corrected chi connectivity index (χ4v) is 4.36. The maximum absolute atomic E-state index is 15.0. The number of halogens is 4. The molecule has 178 valence electrons. The third-order valence-corrected chi connectivity index (χ3v) is 6.14. The van der Waals surface area contributed by atoms with Crippen LogP contribution in [0.2, 0.25) is 0 Å². The van der Waals surface area contributed by atoms with Crippen molar-refractivity contribution in [3.8, 4) is 16.9 Å². The fourth-order valence-electron chi connectivity index (χ4n) is 4.36. The largest absolute Gasteiger partial charge is 0.491 e. The first-order valence-corrected chi connectivity index (χ1v) is 11.4. The van der Waals surface area contributed by atoms with Gasteiger partial charge in [0, 0.05) is 22.6 Å². The second-order valence-electron chi connectivity index (χ2n) is 8.27. The molecule has 6 heteroatoms. The highest BCUT2D eigenvalue weighted by molar-refractivity contribution is 5.66. The second kappa shape index (κ2) is 10.4. The van der Waals surface area contributed by atoms with Crippen molar-refractivity contribution in [1.29, 1.82) is 0 Å². The first-order chi connectivity index (χ1) is 16.4. The lowest BCUT2D eigenvalue weighted by atomic mass is 9.88. The third kappa shape index (κ3) is 4.73. The maximum atomic E-state index is 15.0. The van der Waals surface area contributed by atoms with Crippen molar-refractivity contribution < 1.29 is 27.0 Å². The molecule has 0 aliphatic carbocycles. The molecule has 1 aliphatic heterocycles. The minimum atomic E-state index is -1.28. The van der Waals surface area contributed by atoms with Gasteiger partial charge < -0.3 is 9.47 Å². The lowest BCUT2D eigenvalue weighted by Gasteiger charge is -2.30. The van der Waals surface area contributed by atoms with Crippen LogP contribution < -0.4 is 4.74 Å². The van der Waals surface area contributed by atoms with Crippen LogP contribution in [0.1, 0.15) is 55.4 Å². The van der Waals surface area contributed by atoms with Crippen molar-refractivity contribution in [2.24, 2.45) is 0 Å². The number of rotatable bonds is 6. The lowest BCUT2D eigenvalue weighted by molar-refractivity contribution is 0.0000979. The molecule has 0 spiro atoms. The Labute approximate surface area is 196 Å². The van der Waals surface area contributed by atoms with Gasteiger partial charge in [0.2, 0.25) is 5.82 Å². The molecule has 34 heavy (non-hydrogen) atoms. The van der Waals surface area contributed by atoms with E-state index in [4.69, 9.17) is 9.47 Å². The zero-order chi connectivity index (χ0) is 24.2. The Morgan fingerprint density at radius 3 is 2.15 bits per heavy atom. The van der Waals surface area contributed by atoms with E-state index in [0.717, 1.165) is 17.5 Å². The van der Waals surface area contributed by atoms with Crippen molar-refractivity contribution >= 4 is 6.08 Å². The van der Waals surface area contributed by atoms with Crippen LogP contribution >= 0.6 is 0 Å². The Morgan fingerprint density at radius 2 is 1.53 bits per heavy atom. The van der Waals surface area contributed by atoms with E-state index in [-0.39, 0.29) is 35.0 Å². The van der Waals surface area contributed by atoms with E-state index in [9.17, 15) is 17.6 Å². The normalized spacial score (nSPS) is 18.4. The summed E-state index contributed by atoms with van der Waals surface area (Å²) < 4.78 is 69.6. The zero-order valence-corrected chi connectivity index (χ0v) is 19.1. The predicted octanol–water partition coefficient (Wildman–Crippen LogP) is 7.98. The molecular weight excluding hydrogens is 444 g/mol. The number of ether oxygens (including phenoxy) is 2. The summed E-state index contributed by atoms with van der Waals surface area (Å²) in [7, 11) is 0. The molecule has 1 fully saturated rings. The molecule has 4 rings (SSSR count). The summed E-state index contributed by atoms with van der Waals surface area (Å²) in [6.45, 7) is 4.13. The molecule has 0 N–H and O–H groups in total. The summed E-state index contributed by atoms with van der Waals surface area (Å²) in [6.07, 6.45) is 4.66. The standard InChI is InChI=1S/C28H26F4O2/c1-3-5-17-6-8-18(9-7-17)19-10-14-23(34-16-19)22-12-11-20(25(29)27(22)31)21-13-15-24(33-4-2)28(32)26(21)30/h3,5-9,11-13,15,19,23H,4,10,14,16H2,1-2H3/b5-3+. The average molecular weight is 471 g/mol. The van der Waals surface area contributed by atoms with Gasteiger partial charge in [-0.1, -0.05) is 48.6 Å². The molecule has 2 unspecified atom stereocenters. The summed E-state index contributed by atoms with van der Waals surface area (Å²) in [4.78, 5) is 0. The number of hydrogen-bond donors (Lipinski definition) is 0. The Kier molecular flexibility index (Phi) is 7.37. The van der Waals surface area contributed by atoms with Gasteiger partial charge in [0.25, 0.3) is 0 Å². The Balaban J connectivity index is 1.51. The second-order valence-corrected chi connectivity index (χ2v) is 8.27. The highest BCUT2D eigenvalue weighted by atomic mass is 19.2. The van der Waals surface area contributed by atoms with Crippen LogP contribution in [-0.2, 0) is 4.74 Å². The summed E-state index contributed by atoms with van der Waals surface area (Å²) >= 11 is 0. The van der Waals surface area contributed by atoms with Crippen LogP contribution in [0.25, 0.3) is 17.2 Å². The molecule has 0 aromatic heterocycles. The van der Waals surface area contributed by atoms with Crippen molar-refractivity contribution in [3.63, 3.8) is 0 Å². The molecule has 2 atom stereocenters. The van der Waals surface area contributed by atoms with Gasteiger partial charge in [-0.25, -0.2) is 13.2 Å². The number of benzene rings is 3. The average Bonchev–Trinajstić information content (AvgIpc) is 2.85. The third-order valence-electron chi connectivity index (χ3n) is 6.14. The van der Waals surface area contributed by atoms with Gasteiger partial charge in [-0.15, -0.1) is 0 Å². The maximum Gasteiger partial charge on any atom is 0.201 e. The Morgan fingerprint density at radius 1 is 0.853 bits per heavy atom. The van der Waals surface area contributed by atoms with E-state index < -0.39 is 29.4 Å². The van der Waals surface area contributed by atoms with Crippen LogP contribution in [-0.4, -0.2) is 13.2 Å². The molecule has 1 heterocycles. The molecule has 0 radical (unpaired) electrons. The van der Waals surface area contributed by atoms with Crippen LogP contribution in [0.3, 0.4) is 0 Å². The monoisotopic (exact) mass is 470 g/mol. The molecule has 2 nitrogen and oxygen atoms in total. The first-order valence-electron chi connectivity index (χ1n) is 11.4. The number of hydrogen-bond acceptors (Lipinski definition) is 2. The van der Waals surface area contributed by atoms with E-state index in [0.29, 0.717) is 13.0 Å².